The number of hydrogen-bond acceptors (Lipinski definition) is 2. The number of rotatable bonds is 3. The van der Waals surface area contributed by atoms with Gasteiger partial charge in [0.2, 0.25) is 0 Å². The molecule has 2 rings (SSSR count). The second-order valence-electron chi connectivity index (χ2n) is 4.62. The van der Waals surface area contributed by atoms with Crippen LogP contribution in [0.3, 0.4) is 0 Å². The van der Waals surface area contributed by atoms with Crippen LogP contribution in [0, 0.1) is 13.8 Å². The van der Waals surface area contributed by atoms with E-state index < -0.39 is 0 Å². The summed E-state index contributed by atoms with van der Waals surface area (Å²) in [5.74, 6) is 0.667. The monoisotopic (exact) mass is 308 g/mol. The maximum Gasteiger partial charge on any atom is 0.193 e. The van der Waals surface area contributed by atoms with Gasteiger partial charge in [0.1, 0.15) is 5.75 Å². The summed E-state index contributed by atoms with van der Waals surface area (Å²) in [5, 5.41) is 0.896. The van der Waals surface area contributed by atoms with E-state index in [0.717, 1.165) is 16.9 Å². The van der Waals surface area contributed by atoms with Crippen LogP contribution in [0.4, 0.5) is 0 Å². The number of methoxy groups -OCH3 is 1. The van der Waals surface area contributed by atoms with Crippen molar-refractivity contribution in [3.05, 3.63) is 62.6 Å². The van der Waals surface area contributed by atoms with Crippen LogP contribution >= 0.6 is 23.2 Å². The first-order chi connectivity index (χ1) is 9.42. The second kappa shape index (κ2) is 5.86. The molecule has 0 unspecified atom stereocenters. The summed E-state index contributed by atoms with van der Waals surface area (Å²) in [7, 11) is 1.61. The van der Waals surface area contributed by atoms with Gasteiger partial charge in [0.15, 0.2) is 5.78 Å². The molecule has 104 valence electrons. The molecule has 0 heterocycles. The molecule has 0 aliphatic heterocycles. The average Bonchev–Trinajstić information content (AvgIpc) is 2.39. The number of halogens is 2. The maximum absolute atomic E-state index is 12.6. The highest BCUT2D eigenvalue weighted by atomic mass is 35.5. The molecule has 0 aliphatic carbocycles. The summed E-state index contributed by atoms with van der Waals surface area (Å²) in [6, 6.07) is 8.52. The number of aryl methyl sites for hydroxylation is 2. The van der Waals surface area contributed by atoms with E-state index in [-0.39, 0.29) is 5.78 Å². The molecular formula is C16H14Cl2O2. The molecule has 0 amide bonds. The zero-order chi connectivity index (χ0) is 14.9. The Balaban J connectivity index is 2.50. The standard InChI is InChI=1S/C16H14Cl2O2/c1-9-5-15(20-3)10(2)4-14(9)16(19)11-6-12(17)8-13(18)7-11/h4-8H,1-3H3. The number of hydrogen-bond donors (Lipinski definition) is 0. The lowest BCUT2D eigenvalue weighted by molar-refractivity contribution is 0.103. The number of carbonyl (C=O) groups is 1. The van der Waals surface area contributed by atoms with Gasteiger partial charge in [-0.1, -0.05) is 23.2 Å². The van der Waals surface area contributed by atoms with Crippen LogP contribution in [0.15, 0.2) is 30.3 Å². The first-order valence-electron chi connectivity index (χ1n) is 6.08. The molecule has 0 saturated heterocycles. The molecular weight excluding hydrogens is 295 g/mol. The van der Waals surface area contributed by atoms with Gasteiger partial charge in [0.25, 0.3) is 0 Å². The summed E-state index contributed by atoms with van der Waals surface area (Å²) >= 11 is 11.9. The van der Waals surface area contributed by atoms with E-state index in [1.807, 2.05) is 26.0 Å². The van der Waals surface area contributed by atoms with E-state index in [4.69, 9.17) is 27.9 Å². The van der Waals surface area contributed by atoms with Crippen molar-refractivity contribution in [2.75, 3.05) is 7.11 Å². The molecule has 2 nitrogen and oxygen atoms in total. The molecule has 0 N–H and O–H groups in total. The first-order valence-corrected chi connectivity index (χ1v) is 6.84. The highest BCUT2D eigenvalue weighted by Crippen LogP contribution is 2.26. The summed E-state index contributed by atoms with van der Waals surface area (Å²) < 4.78 is 5.25. The fourth-order valence-corrected chi connectivity index (χ4v) is 2.62. The van der Waals surface area contributed by atoms with Crippen molar-refractivity contribution in [3.63, 3.8) is 0 Å². The Bertz CT molecular complexity index is 658. The number of benzene rings is 2. The second-order valence-corrected chi connectivity index (χ2v) is 5.50. The van der Waals surface area contributed by atoms with Gasteiger partial charge in [-0.25, -0.2) is 0 Å². The molecule has 0 bridgehead atoms. The summed E-state index contributed by atoms with van der Waals surface area (Å²) in [5.41, 5.74) is 2.87. The molecule has 0 radical (unpaired) electrons. The Morgan fingerprint density at radius 2 is 1.55 bits per heavy atom. The van der Waals surface area contributed by atoms with Gasteiger partial charge < -0.3 is 4.74 Å². The number of ether oxygens (including phenoxy) is 1. The van der Waals surface area contributed by atoms with Crippen molar-refractivity contribution in [1.29, 1.82) is 0 Å². The Hall–Kier alpha value is -1.51. The van der Waals surface area contributed by atoms with Gasteiger partial charge in [0, 0.05) is 21.2 Å². The van der Waals surface area contributed by atoms with E-state index in [1.165, 1.54) is 0 Å². The van der Waals surface area contributed by atoms with Crippen molar-refractivity contribution < 1.29 is 9.53 Å². The predicted molar refractivity (Wildman–Crippen MR) is 82.4 cm³/mol. The van der Waals surface area contributed by atoms with E-state index >= 15 is 0 Å². The van der Waals surface area contributed by atoms with Gasteiger partial charge in [-0.15, -0.1) is 0 Å². The van der Waals surface area contributed by atoms with Gasteiger partial charge in [-0.05, 0) is 55.3 Å². The molecule has 2 aromatic rings. The molecule has 2 aromatic carbocycles. The van der Waals surface area contributed by atoms with Gasteiger partial charge in [-0.3, -0.25) is 4.79 Å². The van der Waals surface area contributed by atoms with E-state index in [9.17, 15) is 4.79 Å². The SMILES string of the molecule is COc1cc(C)c(C(=O)c2cc(Cl)cc(Cl)c2)cc1C. The highest BCUT2D eigenvalue weighted by Gasteiger charge is 2.15. The van der Waals surface area contributed by atoms with Crippen LogP contribution in [-0.2, 0) is 0 Å². The Morgan fingerprint density at radius 1 is 0.950 bits per heavy atom. The molecule has 0 atom stereocenters. The molecule has 0 aromatic heterocycles. The summed E-state index contributed by atoms with van der Waals surface area (Å²) in [6.45, 7) is 3.78. The Kier molecular flexibility index (Phi) is 4.36. The smallest absolute Gasteiger partial charge is 0.193 e. The van der Waals surface area contributed by atoms with E-state index in [0.29, 0.717) is 21.2 Å². The van der Waals surface area contributed by atoms with Crippen LogP contribution in [-0.4, -0.2) is 12.9 Å². The van der Waals surface area contributed by atoms with Crippen molar-refractivity contribution in [1.82, 2.24) is 0 Å². The number of ketones is 1. The molecule has 0 saturated carbocycles. The van der Waals surface area contributed by atoms with E-state index in [1.54, 1.807) is 25.3 Å². The fraction of sp³-hybridized carbons (Fsp3) is 0.188. The maximum atomic E-state index is 12.6. The van der Waals surface area contributed by atoms with Crippen LogP contribution in [0.5, 0.6) is 5.75 Å². The zero-order valence-electron chi connectivity index (χ0n) is 11.5. The Labute approximate surface area is 128 Å². The minimum atomic E-state index is -0.0994. The average molecular weight is 309 g/mol. The fourth-order valence-electron chi connectivity index (χ4n) is 2.09. The highest BCUT2D eigenvalue weighted by molar-refractivity contribution is 6.35. The van der Waals surface area contributed by atoms with Crippen LogP contribution in [0.2, 0.25) is 10.0 Å². The van der Waals surface area contributed by atoms with E-state index in [2.05, 4.69) is 0 Å². The van der Waals surface area contributed by atoms with Gasteiger partial charge >= 0.3 is 0 Å². The van der Waals surface area contributed by atoms with Crippen molar-refractivity contribution in [2.45, 2.75) is 13.8 Å². The molecule has 0 fully saturated rings. The van der Waals surface area contributed by atoms with Crippen molar-refractivity contribution >= 4 is 29.0 Å². The van der Waals surface area contributed by atoms with Crippen LogP contribution in [0.25, 0.3) is 0 Å². The van der Waals surface area contributed by atoms with Crippen molar-refractivity contribution in [3.8, 4) is 5.75 Å². The molecule has 0 spiro atoms. The third kappa shape index (κ3) is 2.97. The quantitative estimate of drug-likeness (QED) is 0.758. The normalized spacial score (nSPS) is 10.4. The third-order valence-electron chi connectivity index (χ3n) is 3.11. The molecule has 0 aliphatic rings. The van der Waals surface area contributed by atoms with Crippen LogP contribution in [0.1, 0.15) is 27.0 Å². The van der Waals surface area contributed by atoms with Crippen LogP contribution < -0.4 is 4.74 Å². The Morgan fingerprint density at radius 3 is 2.10 bits per heavy atom. The number of carbonyl (C=O) groups excluding carboxylic acids is 1. The van der Waals surface area contributed by atoms with Crippen molar-refractivity contribution in [2.24, 2.45) is 0 Å². The minimum Gasteiger partial charge on any atom is -0.496 e. The first kappa shape index (κ1) is 14.9. The lowest BCUT2D eigenvalue weighted by Gasteiger charge is -2.11. The largest absolute Gasteiger partial charge is 0.496 e. The topological polar surface area (TPSA) is 26.3 Å². The lowest BCUT2D eigenvalue weighted by Crippen LogP contribution is -2.05. The van der Waals surface area contributed by atoms with Gasteiger partial charge in [0.05, 0.1) is 7.11 Å². The molecule has 4 heteroatoms. The summed E-state index contributed by atoms with van der Waals surface area (Å²) in [4.78, 5) is 12.6. The summed E-state index contributed by atoms with van der Waals surface area (Å²) in [6.07, 6.45) is 0. The third-order valence-corrected chi connectivity index (χ3v) is 3.55. The lowest BCUT2D eigenvalue weighted by atomic mass is 9.97. The minimum absolute atomic E-state index is 0.0994. The van der Waals surface area contributed by atoms with Gasteiger partial charge in [-0.2, -0.15) is 0 Å². The predicted octanol–water partition coefficient (Wildman–Crippen LogP) is 4.85. The zero-order valence-corrected chi connectivity index (χ0v) is 13.0. The molecule has 20 heavy (non-hydrogen) atoms.